The Morgan fingerprint density at radius 1 is 0.963 bits per heavy atom. The maximum atomic E-state index is 9.65. The first-order valence-corrected chi connectivity index (χ1v) is 9.63. The van der Waals surface area contributed by atoms with Crippen LogP contribution in [0.15, 0.2) is 69.9 Å². The third kappa shape index (κ3) is 4.60. The van der Waals surface area contributed by atoms with Crippen molar-refractivity contribution in [3.63, 3.8) is 0 Å². The standard InChI is InChI=1S/C22H20N4S/c1-15-9-11-19(12-10-15)25-26-21-16(2)20(13-23)22(24-17(21)3)27-14-18-7-5-4-6-8-18/h4-12H,14H2,1-3H3. The van der Waals surface area contributed by atoms with Crippen molar-refractivity contribution in [2.45, 2.75) is 31.6 Å². The summed E-state index contributed by atoms with van der Waals surface area (Å²) >= 11 is 1.57. The van der Waals surface area contributed by atoms with Crippen molar-refractivity contribution in [2.24, 2.45) is 10.2 Å². The number of hydrogen-bond acceptors (Lipinski definition) is 5. The van der Waals surface area contributed by atoms with Crippen molar-refractivity contribution in [2.75, 3.05) is 0 Å². The minimum absolute atomic E-state index is 0.569. The van der Waals surface area contributed by atoms with Crippen molar-refractivity contribution >= 4 is 23.1 Å². The van der Waals surface area contributed by atoms with Crippen LogP contribution in [0.4, 0.5) is 11.4 Å². The van der Waals surface area contributed by atoms with Crippen LogP contribution in [-0.4, -0.2) is 4.98 Å². The van der Waals surface area contributed by atoms with Crippen LogP contribution in [0.3, 0.4) is 0 Å². The van der Waals surface area contributed by atoms with Crippen molar-refractivity contribution in [3.05, 3.63) is 82.5 Å². The molecule has 3 rings (SSSR count). The molecule has 4 nitrogen and oxygen atoms in total. The van der Waals surface area contributed by atoms with Crippen molar-refractivity contribution in [1.29, 1.82) is 5.26 Å². The average Bonchev–Trinajstić information content (AvgIpc) is 2.68. The minimum Gasteiger partial charge on any atom is -0.243 e. The molecule has 5 heteroatoms. The monoisotopic (exact) mass is 372 g/mol. The summed E-state index contributed by atoms with van der Waals surface area (Å²) < 4.78 is 0. The molecule has 0 N–H and O–H groups in total. The predicted octanol–water partition coefficient (Wildman–Crippen LogP) is 6.59. The Kier molecular flexibility index (Phi) is 6.00. The molecule has 0 saturated heterocycles. The first kappa shape index (κ1) is 18.8. The van der Waals surface area contributed by atoms with E-state index in [4.69, 9.17) is 0 Å². The van der Waals surface area contributed by atoms with E-state index in [1.165, 1.54) is 11.1 Å². The van der Waals surface area contributed by atoms with Gasteiger partial charge in [-0.25, -0.2) is 4.98 Å². The summed E-state index contributed by atoms with van der Waals surface area (Å²) in [5.41, 5.74) is 5.98. The van der Waals surface area contributed by atoms with E-state index in [-0.39, 0.29) is 0 Å². The van der Waals surface area contributed by atoms with E-state index in [2.05, 4.69) is 33.4 Å². The summed E-state index contributed by atoms with van der Waals surface area (Å²) in [7, 11) is 0. The zero-order valence-electron chi connectivity index (χ0n) is 15.6. The zero-order valence-corrected chi connectivity index (χ0v) is 16.4. The predicted molar refractivity (Wildman–Crippen MR) is 110 cm³/mol. The van der Waals surface area contributed by atoms with E-state index < -0.39 is 0 Å². The van der Waals surface area contributed by atoms with Crippen LogP contribution in [0.25, 0.3) is 0 Å². The molecular formula is C22H20N4S. The topological polar surface area (TPSA) is 61.4 Å². The minimum atomic E-state index is 0.569. The lowest BCUT2D eigenvalue weighted by atomic mass is 10.1. The van der Waals surface area contributed by atoms with Gasteiger partial charge in [-0.05, 0) is 44.0 Å². The number of benzene rings is 2. The molecular weight excluding hydrogens is 352 g/mol. The van der Waals surface area contributed by atoms with Crippen LogP contribution >= 0.6 is 11.8 Å². The van der Waals surface area contributed by atoms with Gasteiger partial charge in [0.25, 0.3) is 0 Å². The highest BCUT2D eigenvalue weighted by atomic mass is 32.2. The molecule has 0 unspecified atom stereocenters. The molecule has 1 heterocycles. The van der Waals surface area contributed by atoms with E-state index in [0.717, 1.165) is 27.7 Å². The molecule has 0 bridgehead atoms. The molecule has 134 valence electrons. The zero-order chi connectivity index (χ0) is 19.2. The smallest absolute Gasteiger partial charge is 0.115 e. The summed E-state index contributed by atoms with van der Waals surface area (Å²) in [5, 5.41) is 19.1. The molecule has 2 aromatic carbocycles. The van der Waals surface area contributed by atoms with Gasteiger partial charge in [0.2, 0.25) is 0 Å². The Morgan fingerprint density at radius 3 is 2.33 bits per heavy atom. The number of nitriles is 1. The lowest BCUT2D eigenvalue weighted by Crippen LogP contribution is -1.96. The van der Waals surface area contributed by atoms with Crippen LogP contribution < -0.4 is 0 Å². The largest absolute Gasteiger partial charge is 0.243 e. The highest BCUT2D eigenvalue weighted by Gasteiger charge is 2.15. The number of aryl methyl sites for hydroxylation is 2. The molecule has 0 fully saturated rings. The second kappa shape index (κ2) is 8.61. The molecule has 0 atom stereocenters. The van der Waals surface area contributed by atoms with E-state index in [0.29, 0.717) is 11.3 Å². The van der Waals surface area contributed by atoms with Crippen LogP contribution in [0.1, 0.15) is 27.9 Å². The Labute approximate surface area is 164 Å². The fourth-order valence-corrected chi connectivity index (χ4v) is 3.68. The van der Waals surface area contributed by atoms with Gasteiger partial charge in [-0.15, -0.1) is 16.9 Å². The van der Waals surface area contributed by atoms with Crippen LogP contribution in [0, 0.1) is 32.1 Å². The Bertz CT molecular complexity index is 1000. The first-order valence-electron chi connectivity index (χ1n) is 8.65. The number of pyridine rings is 1. The summed E-state index contributed by atoms with van der Waals surface area (Å²) in [5.74, 6) is 0.769. The van der Waals surface area contributed by atoms with Crippen LogP contribution in [-0.2, 0) is 5.75 Å². The second-order valence-electron chi connectivity index (χ2n) is 6.27. The molecule has 0 aliphatic rings. The number of nitrogens with zero attached hydrogens (tertiary/aromatic N) is 4. The van der Waals surface area contributed by atoms with E-state index in [1.807, 2.05) is 63.2 Å². The maximum Gasteiger partial charge on any atom is 0.115 e. The third-order valence-electron chi connectivity index (χ3n) is 4.19. The van der Waals surface area contributed by atoms with Gasteiger partial charge < -0.3 is 0 Å². The Balaban J connectivity index is 1.88. The fourth-order valence-electron chi connectivity index (χ4n) is 2.64. The van der Waals surface area contributed by atoms with Crippen molar-refractivity contribution < 1.29 is 0 Å². The van der Waals surface area contributed by atoms with E-state index >= 15 is 0 Å². The van der Waals surface area contributed by atoms with Gasteiger partial charge in [-0.2, -0.15) is 10.4 Å². The molecule has 27 heavy (non-hydrogen) atoms. The normalized spacial score (nSPS) is 10.9. The van der Waals surface area contributed by atoms with Gasteiger partial charge in [-0.3, -0.25) is 0 Å². The van der Waals surface area contributed by atoms with Gasteiger partial charge >= 0.3 is 0 Å². The molecule has 0 spiro atoms. The lowest BCUT2D eigenvalue weighted by molar-refractivity contribution is 1.01. The van der Waals surface area contributed by atoms with Gasteiger partial charge in [0.15, 0.2) is 0 Å². The molecule has 0 amide bonds. The van der Waals surface area contributed by atoms with Gasteiger partial charge in [0, 0.05) is 5.75 Å². The SMILES string of the molecule is Cc1ccc(N=Nc2c(C)nc(SCc3ccccc3)c(C#N)c2C)cc1. The molecule has 0 saturated carbocycles. The maximum absolute atomic E-state index is 9.65. The van der Waals surface area contributed by atoms with Gasteiger partial charge in [-0.1, -0.05) is 48.0 Å². The Hall–Kier alpha value is -2.97. The van der Waals surface area contributed by atoms with E-state index in [9.17, 15) is 5.26 Å². The van der Waals surface area contributed by atoms with Gasteiger partial charge in [0.05, 0.1) is 16.9 Å². The fraction of sp³-hybridized carbons (Fsp3) is 0.182. The number of rotatable bonds is 5. The van der Waals surface area contributed by atoms with E-state index in [1.54, 1.807) is 11.8 Å². The lowest BCUT2D eigenvalue weighted by Gasteiger charge is -2.10. The molecule has 1 aromatic heterocycles. The average molecular weight is 372 g/mol. The van der Waals surface area contributed by atoms with Crippen molar-refractivity contribution in [3.8, 4) is 6.07 Å². The number of hydrogen-bond donors (Lipinski definition) is 0. The number of thioether (sulfide) groups is 1. The quantitative estimate of drug-likeness (QED) is 0.375. The number of aromatic nitrogens is 1. The molecule has 0 aliphatic heterocycles. The second-order valence-corrected chi connectivity index (χ2v) is 7.24. The van der Waals surface area contributed by atoms with Gasteiger partial charge in [0.1, 0.15) is 16.8 Å². The highest BCUT2D eigenvalue weighted by molar-refractivity contribution is 7.98. The summed E-state index contributed by atoms with van der Waals surface area (Å²) in [6.45, 7) is 5.84. The van der Waals surface area contributed by atoms with Crippen LogP contribution in [0.2, 0.25) is 0 Å². The third-order valence-corrected chi connectivity index (χ3v) is 5.23. The van der Waals surface area contributed by atoms with Crippen molar-refractivity contribution in [1.82, 2.24) is 4.98 Å². The summed E-state index contributed by atoms with van der Waals surface area (Å²) in [6, 6.07) is 20.3. The van der Waals surface area contributed by atoms with Crippen LogP contribution in [0.5, 0.6) is 0 Å². The Morgan fingerprint density at radius 2 is 1.67 bits per heavy atom. The molecule has 0 aliphatic carbocycles. The highest BCUT2D eigenvalue weighted by Crippen LogP contribution is 2.34. The summed E-state index contributed by atoms with van der Waals surface area (Å²) in [6.07, 6.45) is 0. The molecule has 3 aromatic rings. The first-order chi connectivity index (χ1) is 13.1. The number of azo groups is 1. The summed E-state index contributed by atoms with van der Waals surface area (Å²) in [4.78, 5) is 4.63. The molecule has 0 radical (unpaired) electrons.